The first kappa shape index (κ1) is 26.2. The number of halogens is 3. The molecule has 11 heteroatoms. The van der Waals surface area contributed by atoms with E-state index in [0.717, 1.165) is 4.90 Å². The number of carbonyl (C=O) groups excluding carboxylic acids is 4. The molecule has 0 aliphatic carbocycles. The Kier molecular flexibility index (Phi) is 7.83. The van der Waals surface area contributed by atoms with Crippen molar-refractivity contribution in [1.82, 2.24) is 0 Å². The van der Waals surface area contributed by atoms with Gasteiger partial charge in [0.25, 0.3) is 17.7 Å². The molecule has 8 nitrogen and oxygen atoms in total. The average molecular weight is 559 g/mol. The second kappa shape index (κ2) is 11.0. The van der Waals surface area contributed by atoms with Crippen LogP contribution in [-0.2, 0) is 14.3 Å². The van der Waals surface area contributed by atoms with E-state index in [1.807, 2.05) is 0 Å². The monoisotopic (exact) mass is 557 g/mol. The van der Waals surface area contributed by atoms with E-state index in [1.165, 1.54) is 30.3 Å². The molecule has 0 saturated carbocycles. The Hall–Kier alpha value is -3.85. The summed E-state index contributed by atoms with van der Waals surface area (Å²) >= 11 is 18.1. The Morgan fingerprint density at radius 3 is 2.05 bits per heavy atom. The smallest absolute Gasteiger partial charge is 0.338 e. The van der Waals surface area contributed by atoms with Gasteiger partial charge in [0.05, 0.1) is 27.9 Å². The Labute approximate surface area is 226 Å². The lowest BCUT2D eigenvalue weighted by Crippen LogP contribution is -2.32. The van der Waals surface area contributed by atoms with Crippen molar-refractivity contribution in [1.29, 1.82) is 0 Å². The Morgan fingerprint density at radius 1 is 0.811 bits per heavy atom. The molecule has 0 radical (unpaired) electrons. The van der Waals surface area contributed by atoms with Gasteiger partial charge in [-0.1, -0.05) is 34.8 Å². The van der Waals surface area contributed by atoms with Crippen LogP contribution in [0.2, 0.25) is 10.0 Å². The average Bonchev–Trinajstić information content (AvgIpc) is 3.09. The van der Waals surface area contributed by atoms with E-state index in [2.05, 4.69) is 10.6 Å². The van der Waals surface area contributed by atoms with Crippen LogP contribution in [0.15, 0.2) is 77.5 Å². The number of esters is 1. The van der Waals surface area contributed by atoms with Crippen LogP contribution >= 0.6 is 34.8 Å². The molecule has 0 fully saturated rings. The molecule has 0 aromatic heterocycles. The first-order chi connectivity index (χ1) is 17.7. The van der Waals surface area contributed by atoms with Crippen molar-refractivity contribution in [2.75, 3.05) is 22.1 Å². The van der Waals surface area contributed by atoms with Crippen molar-refractivity contribution in [2.45, 2.75) is 6.92 Å². The van der Waals surface area contributed by atoms with E-state index in [9.17, 15) is 19.2 Å². The van der Waals surface area contributed by atoms with Crippen molar-refractivity contribution in [3.05, 3.63) is 98.6 Å². The molecule has 1 heterocycles. The fourth-order valence-electron chi connectivity index (χ4n) is 3.43. The molecule has 0 spiro atoms. The molecule has 3 aromatic carbocycles. The molecule has 1 aliphatic rings. The number of carbonyl (C=O) groups is 4. The van der Waals surface area contributed by atoms with Gasteiger partial charge in [-0.3, -0.25) is 14.4 Å². The number of rotatable bonds is 7. The topological polar surface area (TPSA) is 105 Å². The summed E-state index contributed by atoms with van der Waals surface area (Å²) < 4.78 is 4.94. The van der Waals surface area contributed by atoms with Gasteiger partial charge in [-0.15, -0.1) is 0 Å². The van der Waals surface area contributed by atoms with Gasteiger partial charge in [0.1, 0.15) is 10.7 Å². The van der Waals surface area contributed by atoms with Gasteiger partial charge in [-0.05, 0) is 73.7 Å². The zero-order valence-corrected chi connectivity index (χ0v) is 21.4. The molecule has 37 heavy (non-hydrogen) atoms. The van der Waals surface area contributed by atoms with Crippen LogP contribution in [0.5, 0.6) is 0 Å². The summed E-state index contributed by atoms with van der Waals surface area (Å²) in [4.78, 5) is 50.8. The maximum atomic E-state index is 12.9. The van der Waals surface area contributed by atoms with Crippen molar-refractivity contribution in [3.63, 3.8) is 0 Å². The molecule has 2 N–H and O–H groups in total. The number of benzene rings is 3. The van der Waals surface area contributed by atoms with Crippen molar-refractivity contribution in [2.24, 2.45) is 0 Å². The van der Waals surface area contributed by atoms with Crippen LogP contribution < -0.4 is 15.5 Å². The predicted octanol–water partition coefficient (Wildman–Crippen LogP) is 5.86. The van der Waals surface area contributed by atoms with E-state index >= 15 is 0 Å². The third-order valence-corrected chi connectivity index (χ3v) is 6.35. The van der Waals surface area contributed by atoms with E-state index in [-0.39, 0.29) is 39.0 Å². The van der Waals surface area contributed by atoms with Crippen LogP contribution in [0.25, 0.3) is 0 Å². The van der Waals surface area contributed by atoms with Gasteiger partial charge < -0.3 is 15.4 Å². The maximum absolute atomic E-state index is 12.9. The zero-order valence-electron chi connectivity index (χ0n) is 19.2. The molecule has 1 aliphatic heterocycles. The fourth-order valence-corrected chi connectivity index (χ4v) is 3.93. The quantitative estimate of drug-likeness (QED) is 0.278. The lowest BCUT2D eigenvalue weighted by Gasteiger charge is -2.15. The van der Waals surface area contributed by atoms with Gasteiger partial charge in [0.2, 0.25) is 0 Å². The molecule has 0 atom stereocenters. The molecule has 0 saturated heterocycles. The molecule has 3 amide bonds. The highest BCUT2D eigenvalue weighted by Crippen LogP contribution is 2.33. The minimum absolute atomic E-state index is 0.114. The number of hydrogen-bond donors (Lipinski definition) is 2. The number of ether oxygens (including phenoxy) is 1. The van der Waals surface area contributed by atoms with Crippen molar-refractivity contribution >= 4 is 75.6 Å². The Morgan fingerprint density at radius 2 is 1.43 bits per heavy atom. The van der Waals surface area contributed by atoms with Gasteiger partial charge in [0, 0.05) is 16.9 Å². The molecule has 4 rings (SSSR count). The number of anilines is 3. The largest absolute Gasteiger partial charge is 0.462 e. The van der Waals surface area contributed by atoms with Crippen LogP contribution in [0.1, 0.15) is 27.6 Å². The number of nitrogens with one attached hydrogen (secondary N) is 2. The Bertz CT molecular complexity index is 1440. The normalized spacial score (nSPS) is 13.1. The molecular formula is C26H18Cl3N3O5. The molecule has 3 aromatic rings. The predicted molar refractivity (Wildman–Crippen MR) is 142 cm³/mol. The van der Waals surface area contributed by atoms with E-state index in [1.54, 1.807) is 43.3 Å². The summed E-state index contributed by atoms with van der Waals surface area (Å²) in [7, 11) is 0. The maximum Gasteiger partial charge on any atom is 0.338 e. The molecule has 0 bridgehead atoms. The van der Waals surface area contributed by atoms with Crippen molar-refractivity contribution in [3.8, 4) is 0 Å². The summed E-state index contributed by atoms with van der Waals surface area (Å²) in [5.41, 5.74) is 1.75. The van der Waals surface area contributed by atoms with Gasteiger partial charge in [-0.2, -0.15) is 0 Å². The standard InChI is InChI=1S/C26H18Cl3N3O5/c1-2-37-26(36)15-5-9-17(10-6-15)31-23(33)14-3-7-16(8-4-14)30-22-21(29)24(34)32(25(22)35)18-11-12-19(27)20(28)13-18/h3-13,30H,2H2,1H3,(H,31,33). The summed E-state index contributed by atoms with van der Waals surface area (Å²) in [6.07, 6.45) is 0. The number of amides is 3. The SMILES string of the molecule is CCOC(=O)c1ccc(NC(=O)c2ccc(NC3=C(Cl)C(=O)N(c4ccc(Cl)c(Cl)c4)C3=O)cc2)cc1. The van der Waals surface area contributed by atoms with E-state index in [4.69, 9.17) is 39.5 Å². The lowest BCUT2D eigenvalue weighted by molar-refractivity contribution is -0.120. The minimum atomic E-state index is -0.711. The number of imide groups is 1. The number of nitrogens with zero attached hydrogens (tertiary/aromatic N) is 1. The van der Waals surface area contributed by atoms with Gasteiger partial charge in [0.15, 0.2) is 0 Å². The third-order valence-electron chi connectivity index (χ3n) is 5.26. The second-order valence-electron chi connectivity index (χ2n) is 7.69. The highest BCUT2D eigenvalue weighted by molar-refractivity contribution is 6.53. The summed E-state index contributed by atoms with van der Waals surface area (Å²) in [5.74, 6) is -2.20. The molecule has 188 valence electrons. The molecular weight excluding hydrogens is 541 g/mol. The Balaban J connectivity index is 1.43. The minimum Gasteiger partial charge on any atom is -0.462 e. The van der Waals surface area contributed by atoms with Crippen LogP contribution in [0.3, 0.4) is 0 Å². The van der Waals surface area contributed by atoms with Crippen LogP contribution in [0.4, 0.5) is 17.1 Å². The zero-order chi connectivity index (χ0) is 26.7. The van der Waals surface area contributed by atoms with E-state index in [0.29, 0.717) is 22.5 Å². The first-order valence-corrected chi connectivity index (χ1v) is 12.0. The van der Waals surface area contributed by atoms with Crippen molar-refractivity contribution < 1.29 is 23.9 Å². The summed E-state index contributed by atoms with van der Waals surface area (Å²) in [6.45, 7) is 1.99. The fraction of sp³-hybridized carbons (Fsp3) is 0.0769. The third kappa shape index (κ3) is 5.61. The first-order valence-electron chi connectivity index (χ1n) is 10.9. The number of hydrogen-bond acceptors (Lipinski definition) is 6. The highest BCUT2D eigenvalue weighted by atomic mass is 35.5. The van der Waals surface area contributed by atoms with Crippen LogP contribution in [0, 0.1) is 0 Å². The second-order valence-corrected chi connectivity index (χ2v) is 8.88. The highest BCUT2D eigenvalue weighted by Gasteiger charge is 2.39. The summed E-state index contributed by atoms with van der Waals surface area (Å²) in [5, 5.41) is 5.75. The molecule has 0 unspecified atom stereocenters. The van der Waals surface area contributed by atoms with Crippen LogP contribution in [-0.4, -0.2) is 30.3 Å². The van der Waals surface area contributed by atoms with E-state index < -0.39 is 17.8 Å². The summed E-state index contributed by atoms with van der Waals surface area (Å²) in [6, 6.07) is 16.8. The van der Waals surface area contributed by atoms with Gasteiger partial charge >= 0.3 is 5.97 Å². The lowest BCUT2D eigenvalue weighted by atomic mass is 10.1. The van der Waals surface area contributed by atoms with Gasteiger partial charge in [-0.25, -0.2) is 9.69 Å².